The van der Waals surface area contributed by atoms with Crippen LogP contribution in [0.2, 0.25) is 0 Å². The molecule has 12 heavy (non-hydrogen) atoms. The van der Waals surface area contributed by atoms with Gasteiger partial charge in [-0.3, -0.25) is 4.98 Å². The quantitative estimate of drug-likeness (QED) is 0.715. The first kappa shape index (κ1) is 7.74. The van der Waals surface area contributed by atoms with E-state index in [0.717, 1.165) is 6.54 Å². The topological polar surface area (TPSA) is 38.9 Å². The van der Waals surface area contributed by atoms with E-state index in [1.54, 1.807) is 0 Å². The molecule has 0 aromatic carbocycles. The Balaban J connectivity index is 2.14. The van der Waals surface area contributed by atoms with Gasteiger partial charge in [-0.25, -0.2) is 0 Å². The van der Waals surface area contributed by atoms with E-state index in [-0.39, 0.29) is 0 Å². The average molecular weight is 162 g/mol. The van der Waals surface area contributed by atoms with Gasteiger partial charge in [-0.2, -0.15) is 0 Å². The van der Waals surface area contributed by atoms with Crippen molar-refractivity contribution in [3.05, 3.63) is 29.6 Å². The zero-order valence-electron chi connectivity index (χ0n) is 7.33. The number of rotatable bonds is 2. The second-order valence-corrected chi connectivity index (χ2v) is 3.60. The molecule has 1 fully saturated rings. The van der Waals surface area contributed by atoms with Gasteiger partial charge in [0.05, 0.1) is 0 Å². The van der Waals surface area contributed by atoms with Gasteiger partial charge in [0.15, 0.2) is 0 Å². The lowest BCUT2D eigenvalue weighted by molar-refractivity contribution is 0.796. The smallest absolute Gasteiger partial charge is 0.0440 e. The third kappa shape index (κ3) is 1.34. The van der Waals surface area contributed by atoms with Crippen molar-refractivity contribution < 1.29 is 0 Å². The maximum atomic E-state index is 5.57. The summed E-state index contributed by atoms with van der Waals surface area (Å²) >= 11 is 0. The van der Waals surface area contributed by atoms with Crippen molar-refractivity contribution in [2.75, 3.05) is 6.54 Å². The lowest BCUT2D eigenvalue weighted by atomic mass is 10.2. The van der Waals surface area contributed by atoms with Gasteiger partial charge in [0.2, 0.25) is 0 Å². The summed E-state index contributed by atoms with van der Waals surface area (Å²) < 4.78 is 0. The summed E-state index contributed by atoms with van der Waals surface area (Å²) in [6.07, 6.45) is 3.11. The molecule has 2 nitrogen and oxygen atoms in total. The number of aryl methyl sites for hydroxylation is 1. The molecule has 2 N–H and O–H groups in total. The molecule has 0 aliphatic heterocycles. The minimum atomic E-state index is 0.648. The second-order valence-electron chi connectivity index (χ2n) is 3.60. The van der Waals surface area contributed by atoms with Crippen molar-refractivity contribution in [3.8, 4) is 0 Å². The van der Waals surface area contributed by atoms with Crippen molar-refractivity contribution in [1.82, 2.24) is 4.98 Å². The molecule has 1 aliphatic carbocycles. The first-order valence-electron chi connectivity index (χ1n) is 4.44. The number of aromatic nitrogens is 1. The lowest BCUT2D eigenvalue weighted by Crippen LogP contribution is -2.02. The van der Waals surface area contributed by atoms with E-state index in [9.17, 15) is 0 Å². The molecule has 2 heteroatoms. The summed E-state index contributed by atoms with van der Waals surface area (Å²) in [4.78, 5) is 4.34. The van der Waals surface area contributed by atoms with E-state index in [1.165, 1.54) is 17.7 Å². The molecular formula is C10H14N2. The molecule has 2 unspecified atom stereocenters. The van der Waals surface area contributed by atoms with Gasteiger partial charge in [-0.1, -0.05) is 0 Å². The molecule has 2 rings (SSSR count). The molecule has 0 amide bonds. The fourth-order valence-corrected chi connectivity index (χ4v) is 1.63. The molecular weight excluding hydrogens is 148 g/mol. The van der Waals surface area contributed by atoms with Crippen molar-refractivity contribution in [1.29, 1.82) is 0 Å². The summed E-state index contributed by atoms with van der Waals surface area (Å²) in [5.41, 5.74) is 8.09. The number of hydrogen-bond acceptors (Lipinski definition) is 2. The largest absolute Gasteiger partial charge is 0.330 e. The highest BCUT2D eigenvalue weighted by Gasteiger charge is 2.37. The standard InChI is InChI=1S/C10H14N2/c1-7-2-3-12-10(4-7)9-5-8(9)6-11/h2-4,8-9H,5-6,11H2,1H3. The van der Waals surface area contributed by atoms with E-state index in [4.69, 9.17) is 5.73 Å². The van der Waals surface area contributed by atoms with Crippen molar-refractivity contribution in [2.24, 2.45) is 11.7 Å². The average Bonchev–Trinajstić information content (AvgIpc) is 2.83. The Bertz CT molecular complexity index is 283. The number of pyridine rings is 1. The van der Waals surface area contributed by atoms with Gasteiger partial charge in [0.25, 0.3) is 0 Å². The summed E-state index contributed by atoms with van der Waals surface area (Å²) in [6, 6.07) is 4.20. The highest BCUT2D eigenvalue weighted by Crippen LogP contribution is 2.45. The lowest BCUT2D eigenvalue weighted by Gasteiger charge is -1.98. The molecule has 0 radical (unpaired) electrons. The van der Waals surface area contributed by atoms with Crippen LogP contribution in [0.3, 0.4) is 0 Å². The molecule has 1 heterocycles. The van der Waals surface area contributed by atoms with Crippen LogP contribution in [-0.4, -0.2) is 11.5 Å². The van der Waals surface area contributed by atoms with Gasteiger partial charge >= 0.3 is 0 Å². The van der Waals surface area contributed by atoms with E-state index >= 15 is 0 Å². The maximum absolute atomic E-state index is 5.57. The molecule has 0 bridgehead atoms. The molecule has 1 aliphatic rings. The monoisotopic (exact) mass is 162 g/mol. The first-order chi connectivity index (χ1) is 5.81. The summed E-state index contributed by atoms with van der Waals surface area (Å²) in [7, 11) is 0. The van der Waals surface area contributed by atoms with Crippen LogP contribution in [0.15, 0.2) is 18.3 Å². The Kier molecular flexibility index (Phi) is 1.85. The Morgan fingerprint density at radius 3 is 3.08 bits per heavy atom. The molecule has 1 saturated carbocycles. The highest BCUT2D eigenvalue weighted by atomic mass is 14.7. The summed E-state index contributed by atoms with van der Waals surface area (Å²) in [5, 5.41) is 0. The fourth-order valence-electron chi connectivity index (χ4n) is 1.63. The SMILES string of the molecule is Cc1ccnc(C2CC2CN)c1. The molecule has 1 aromatic heterocycles. The Hall–Kier alpha value is -0.890. The van der Waals surface area contributed by atoms with Crippen LogP contribution in [-0.2, 0) is 0 Å². The van der Waals surface area contributed by atoms with Crippen molar-refractivity contribution >= 4 is 0 Å². The van der Waals surface area contributed by atoms with Crippen LogP contribution in [0.4, 0.5) is 0 Å². The summed E-state index contributed by atoms with van der Waals surface area (Å²) in [5.74, 6) is 1.34. The third-order valence-electron chi connectivity index (χ3n) is 2.54. The molecule has 0 spiro atoms. The van der Waals surface area contributed by atoms with Gasteiger partial charge in [0.1, 0.15) is 0 Å². The Morgan fingerprint density at radius 2 is 2.50 bits per heavy atom. The second kappa shape index (κ2) is 2.87. The molecule has 1 aromatic rings. The van der Waals surface area contributed by atoms with Gasteiger partial charge in [0, 0.05) is 17.8 Å². The van der Waals surface area contributed by atoms with Crippen LogP contribution in [0, 0.1) is 12.8 Å². The highest BCUT2D eigenvalue weighted by molar-refractivity contribution is 5.22. The van der Waals surface area contributed by atoms with Gasteiger partial charge in [-0.15, -0.1) is 0 Å². The van der Waals surface area contributed by atoms with E-state index in [0.29, 0.717) is 11.8 Å². The van der Waals surface area contributed by atoms with E-state index in [2.05, 4.69) is 18.0 Å². The van der Waals surface area contributed by atoms with Crippen molar-refractivity contribution in [2.45, 2.75) is 19.3 Å². The van der Waals surface area contributed by atoms with Crippen molar-refractivity contribution in [3.63, 3.8) is 0 Å². The molecule has 2 atom stereocenters. The van der Waals surface area contributed by atoms with E-state index in [1.807, 2.05) is 12.3 Å². The minimum Gasteiger partial charge on any atom is -0.330 e. The number of nitrogens with zero attached hydrogens (tertiary/aromatic N) is 1. The molecule has 0 saturated heterocycles. The predicted octanol–water partition coefficient (Wildman–Crippen LogP) is 1.45. The first-order valence-corrected chi connectivity index (χ1v) is 4.44. The van der Waals surface area contributed by atoms with Gasteiger partial charge < -0.3 is 5.73 Å². The number of nitrogens with two attached hydrogens (primary N) is 1. The van der Waals surface area contributed by atoms with Crippen LogP contribution in [0.25, 0.3) is 0 Å². The van der Waals surface area contributed by atoms with E-state index < -0.39 is 0 Å². The van der Waals surface area contributed by atoms with Crippen LogP contribution < -0.4 is 5.73 Å². The molecule has 64 valence electrons. The summed E-state index contributed by atoms with van der Waals surface area (Å²) in [6.45, 7) is 2.91. The van der Waals surface area contributed by atoms with Crippen LogP contribution in [0.1, 0.15) is 23.6 Å². The normalized spacial score (nSPS) is 27.2. The Morgan fingerprint density at radius 1 is 1.67 bits per heavy atom. The zero-order valence-corrected chi connectivity index (χ0v) is 7.33. The van der Waals surface area contributed by atoms with Crippen LogP contribution in [0.5, 0.6) is 0 Å². The third-order valence-corrected chi connectivity index (χ3v) is 2.54. The Labute approximate surface area is 72.8 Å². The predicted molar refractivity (Wildman–Crippen MR) is 48.9 cm³/mol. The minimum absolute atomic E-state index is 0.648. The zero-order chi connectivity index (χ0) is 8.55. The van der Waals surface area contributed by atoms with Gasteiger partial charge in [-0.05, 0) is 43.5 Å². The maximum Gasteiger partial charge on any atom is 0.0440 e. The fraction of sp³-hybridized carbons (Fsp3) is 0.500. The van der Waals surface area contributed by atoms with Crippen LogP contribution >= 0.6 is 0 Å². The number of hydrogen-bond donors (Lipinski definition) is 1.